The minimum Gasteiger partial charge on any atom is -0.491 e. The molecular formula is C23H36N2O2. The summed E-state index contributed by atoms with van der Waals surface area (Å²) in [6, 6.07) is 8.40. The highest BCUT2D eigenvalue weighted by atomic mass is 16.5. The van der Waals surface area contributed by atoms with E-state index in [4.69, 9.17) is 4.74 Å². The number of hydrogen-bond donors (Lipinski definition) is 0. The predicted octanol–water partition coefficient (Wildman–Crippen LogP) is 4.24. The Morgan fingerprint density at radius 3 is 2.67 bits per heavy atom. The summed E-state index contributed by atoms with van der Waals surface area (Å²) in [5.74, 6) is 1.21. The van der Waals surface area contributed by atoms with Crippen LogP contribution in [0, 0.1) is 5.92 Å². The number of Topliss-reactive ketones (excluding diaryl/α,β-unsaturated/α-hetero) is 1. The first-order valence-electron chi connectivity index (χ1n) is 10.8. The molecule has 0 aromatic heterocycles. The van der Waals surface area contributed by atoms with E-state index in [1.54, 1.807) is 0 Å². The molecule has 4 nitrogen and oxygen atoms in total. The number of hydrogen-bond acceptors (Lipinski definition) is 4. The molecule has 2 aliphatic rings. The molecule has 27 heavy (non-hydrogen) atoms. The summed E-state index contributed by atoms with van der Waals surface area (Å²) >= 11 is 0. The Bertz CT molecular complexity index is 608. The second-order valence-corrected chi connectivity index (χ2v) is 8.47. The second kappa shape index (κ2) is 9.70. The zero-order valence-electron chi connectivity index (χ0n) is 17.3. The number of carbonyl (C=O) groups excluding carboxylic acids is 1. The molecule has 0 saturated carbocycles. The van der Waals surface area contributed by atoms with Crippen molar-refractivity contribution in [1.29, 1.82) is 0 Å². The predicted molar refractivity (Wildman–Crippen MR) is 111 cm³/mol. The molecule has 2 heterocycles. The molecule has 1 aromatic carbocycles. The van der Waals surface area contributed by atoms with Crippen molar-refractivity contribution in [3.05, 3.63) is 29.8 Å². The number of benzene rings is 1. The van der Waals surface area contributed by atoms with Gasteiger partial charge in [-0.2, -0.15) is 0 Å². The van der Waals surface area contributed by atoms with Crippen molar-refractivity contribution in [1.82, 2.24) is 9.80 Å². The molecule has 2 aliphatic heterocycles. The first-order chi connectivity index (χ1) is 13.1. The molecule has 150 valence electrons. The summed E-state index contributed by atoms with van der Waals surface area (Å²) in [5, 5.41) is 0. The fourth-order valence-corrected chi connectivity index (χ4v) is 4.61. The minimum atomic E-state index is 0.124. The molecule has 1 aromatic rings. The smallest absolute Gasteiger partial charge is 0.167 e. The molecule has 0 radical (unpaired) electrons. The molecule has 0 unspecified atom stereocenters. The lowest BCUT2D eigenvalue weighted by molar-refractivity contribution is 0.0596. The highest BCUT2D eigenvalue weighted by Gasteiger charge is 2.32. The first-order valence-corrected chi connectivity index (χ1v) is 10.8. The molecule has 1 atom stereocenters. The maximum absolute atomic E-state index is 13.1. The van der Waals surface area contributed by atoms with Gasteiger partial charge in [-0.1, -0.05) is 19.1 Å². The maximum Gasteiger partial charge on any atom is 0.167 e. The molecule has 4 heteroatoms. The van der Waals surface area contributed by atoms with E-state index in [1.807, 2.05) is 38.1 Å². The number of ketones is 1. The number of carbonyl (C=O) groups is 1. The number of nitrogens with zero attached hydrogens (tertiary/aromatic N) is 2. The van der Waals surface area contributed by atoms with Crippen LogP contribution in [0.15, 0.2) is 24.3 Å². The van der Waals surface area contributed by atoms with Crippen LogP contribution in [0.5, 0.6) is 5.75 Å². The third kappa shape index (κ3) is 5.55. The zero-order chi connectivity index (χ0) is 19.2. The number of likely N-dealkylation sites (tertiary alicyclic amines) is 2. The topological polar surface area (TPSA) is 32.8 Å². The van der Waals surface area contributed by atoms with Crippen LogP contribution in [0.1, 0.15) is 63.2 Å². The van der Waals surface area contributed by atoms with E-state index in [9.17, 15) is 4.79 Å². The third-order valence-corrected chi connectivity index (χ3v) is 5.93. The van der Waals surface area contributed by atoms with Gasteiger partial charge in [-0.25, -0.2) is 0 Å². The molecular weight excluding hydrogens is 336 g/mol. The number of piperidine rings is 2. The van der Waals surface area contributed by atoms with Gasteiger partial charge < -0.3 is 9.64 Å². The molecule has 0 N–H and O–H groups in total. The Morgan fingerprint density at radius 1 is 1.19 bits per heavy atom. The van der Waals surface area contributed by atoms with Crippen molar-refractivity contribution in [2.45, 2.75) is 65.0 Å². The van der Waals surface area contributed by atoms with E-state index in [0.717, 1.165) is 37.2 Å². The summed E-state index contributed by atoms with van der Waals surface area (Å²) in [5.41, 5.74) is 0.803. The standard InChI is InChI=1S/C23H36N2O2/c1-4-12-24-14-10-21(11-15-24)25-13-6-8-20(17-25)23(26)19-7-5-9-22(16-19)27-18(2)3/h5,7,9,16,18,20-21H,4,6,8,10-15,17H2,1-3H3/t20-/m0/s1. The molecule has 0 bridgehead atoms. The SMILES string of the molecule is CCCN1CCC(N2CCC[C@H](C(=O)c3cccc(OC(C)C)c3)C2)CC1. The Balaban J connectivity index is 1.58. The molecule has 0 amide bonds. The first kappa shape index (κ1) is 20.3. The Labute approximate surface area is 164 Å². The van der Waals surface area contributed by atoms with Crippen molar-refractivity contribution >= 4 is 5.78 Å². The monoisotopic (exact) mass is 372 g/mol. The highest BCUT2D eigenvalue weighted by Crippen LogP contribution is 2.27. The van der Waals surface area contributed by atoms with E-state index in [0.29, 0.717) is 6.04 Å². The van der Waals surface area contributed by atoms with Gasteiger partial charge in [-0.3, -0.25) is 9.69 Å². The average molecular weight is 373 g/mol. The fourth-order valence-electron chi connectivity index (χ4n) is 4.61. The van der Waals surface area contributed by atoms with Gasteiger partial charge >= 0.3 is 0 Å². The molecule has 2 saturated heterocycles. The van der Waals surface area contributed by atoms with Gasteiger partial charge in [0, 0.05) is 24.1 Å². The van der Waals surface area contributed by atoms with Crippen LogP contribution < -0.4 is 4.74 Å². The summed E-state index contributed by atoms with van der Waals surface area (Å²) < 4.78 is 5.77. The van der Waals surface area contributed by atoms with Crippen LogP contribution in [0.4, 0.5) is 0 Å². The molecule has 3 rings (SSSR count). The largest absolute Gasteiger partial charge is 0.491 e. The average Bonchev–Trinajstić information content (AvgIpc) is 2.68. The lowest BCUT2D eigenvalue weighted by Crippen LogP contribution is -2.49. The molecule has 2 fully saturated rings. The summed E-state index contributed by atoms with van der Waals surface area (Å²) in [7, 11) is 0. The van der Waals surface area contributed by atoms with E-state index < -0.39 is 0 Å². The molecule has 0 spiro atoms. The van der Waals surface area contributed by atoms with Crippen LogP contribution in [0.2, 0.25) is 0 Å². The van der Waals surface area contributed by atoms with Gasteiger partial charge in [0.15, 0.2) is 5.78 Å². The Kier molecular flexibility index (Phi) is 7.31. The van der Waals surface area contributed by atoms with Crippen LogP contribution >= 0.6 is 0 Å². The van der Waals surface area contributed by atoms with Crippen LogP contribution in [-0.4, -0.2) is 60.5 Å². The zero-order valence-corrected chi connectivity index (χ0v) is 17.3. The van der Waals surface area contributed by atoms with Crippen LogP contribution in [0.25, 0.3) is 0 Å². The van der Waals surface area contributed by atoms with Crippen molar-refractivity contribution in [3.8, 4) is 5.75 Å². The lowest BCUT2D eigenvalue weighted by Gasteiger charge is -2.42. The number of rotatable bonds is 7. The van der Waals surface area contributed by atoms with Gasteiger partial charge in [0.1, 0.15) is 5.75 Å². The summed E-state index contributed by atoms with van der Waals surface area (Å²) in [4.78, 5) is 18.3. The minimum absolute atomic E-state index is 0.124. The molecule has 0 aliphatic carbocycles. The highest BCUT2D eigenvalue weighted by molar-refractivity contribution is 5.98. The van der Waals surface area contributed by atoms with E-state index in [1.165, 1.54) is 38.9 Å². The number of ether oxygens (including phenoxy) is 1. The van der Waals surface area contributed by atoms with Crippen molar-refractivity contribution in [2.75, 3.05) is 32.7 Å². The van der Waals surface area contributed by atoms with Gasteiger partial charge in [-0.05, 0) is 84.3 Å². The summed E-state index contributed by atoms with van der Waals surface area (Å²) in [6.07, 6.45) is 6.01. The normalized spacial score (nSPS) is 22.9. The van der Waals surface area contributed by atoms with E-state index >= 15 is 0 Å². The van der Waals surface area contributed by atoms with Crippen molar-refractivity contribution < 1.29 is 9.53 Å². The maximum atomic E-state index is 13.1. The quantitative estimate of drug-likeness (QED) is 0.670. The Hall–Kier alpha value is -1.39. The van der Waals surface area contributed by atoms with Gasteiger partial charge in [0.25, 0.3) is 0 Å². The fraction of sp³-hybridized carbons (Fsp3) is 0.696. The van der Waals surface area contributed by atoms with Crippen LogP contribution in [0.3, 0.4) is 0 Å². The summed E-state index contributed by atoms with van der Waals surface area (Å²) in [6.45, 7) is 12.0. The lowest BCUT2D eigenvalue weighted by atomic mass is 9.88. The van der Waals surface area contributed by atoms with Gasteiger partial charge in [0.2, 0.25) is 0 Å². The van der Waals surface area contributed by atoms with E-state index in [2.05, 4.69) is 16.7 Å². The van der Waals surface area contributed by atoms with Crippen molar-refractivity contribution in [2.24, 2.45) is 5.92 Å². The second-order valence-electron chi connectivity index (χ2n) is 8.47. The van der Waals surface area contributed by atoms with E-state index in [-0.39, 0.29) is 17.8 Å². The van der Waals surface area contributed by atoms with Gasteiger partial charge in [0.05, 0.1) is 6.10 Å². The van der Waals surface area contributed by atoms with Crippen LogP contribution in [-0.2, 0) is 0 Å². The van der Waals surface area contributed by atoms with Crippen molar-refractivity contribution in [3.63, 3.8) is 0 Å². The Morgan fingerprint density at radius 2 is 1.96 bits per heavy atom. The third-order valence-electron chi connectivity index (χ3n) is 5.93. The van der Waals surface area contributed by atoms with Gasteiger partial charge in [-0.15, -0.1) is 0 Å².